The molecular weight excluding hydrogens is 213 g/mol. The molecule has 0 atom stereocenters. The van der Waals surface area contributed by atoms with Crippen molar-refractivity contribution in [2.75, 3.05) is 0 Å². The molecule has 0 aromatic rings. The van der Waals surface area contributed by atoms with Crippen LogP contribution in [0.2, 0.25) is 0 Å². The maximum absolute atomic E-state index is 10.1. The summed E-state index contributed by atoms with van der Waals surface area (Å²) in [7, 11) is -4.41. The minimum atomic E-state index is -3.73. The predicted octanol–water partition coefficient (Wildman–Crippen LogP) is -13.8. The van der Waals surface area contributed by atoms with Crippen LogP contribution in [0.3, 0.4) is 0 Å². The van der Waals surface area contributed by atoms with Gasteiger partial charge in [-0.05, 0) is 0 Å². The SMILES string of the molecule is [Na+].[Na+].[Na+].[O-]B1OB([O-])O[B-](O)(O)O1. The van der Waals surface area contributed by atoms with Crippen LogP contribution in [0.25, 0.3) is 0 Å². The number of hydrogen-bond donors (Lipinski definition) is 2. The van der Waals surface area contributed by atoms with Gasteiger partial charge in [0, 0.05) is 0 Å². The Labute approximate surface area is 142 Å². The van der Waals surface area contributed by atoms with E-state index < -0.39 is 21.6 Å². The van der Waals surface area contributed by atoms with Gasteiger partial charge in [0.1, 0.15) is 0 Å². The van der Waals surface area contributed by atoms with E-state index in [1.807, 2.05) is 0 Å². The van der Waals surface area contributed by atoms with Crippen LogP contribution in [-0.4, -0.2) is 31.6 Å². The monoisotopic (exact) mass is 216 g/mol. The molecule has 1 fully saturated rings. The third kappa shape index (κ3) is 8.69. The molecule has 1 rings (SSSR count). The summed E-state index contributed by atoms with van der Waals surface area (Å²) < 4.78 is 11.2. The molecule has 0 radical (unpaired) electrons. The van der Waals surface area contributed by atoms with Crippen LogP contribution in [0, 0.1) is 0 Å². The molecule has 0 unspecified atom stereocenters. The Morgan fingerprint density at radius 3 is 1.46 bits per heavy atom. The summed E-state index contributed by atoms with van der Waals surface area (Å²) >= 11 is 0. The summed E-state index contributed by atoms with van der Waals surface area (Å²) in [4.78, 5) is 0. The fourth-order valence-electron chi connectivity index (χ4n) is 0.476. The summed E-state index contributed by atoms with van der Waals surface area (Å²) in [6.07, 6.45) is 0. The first-order valence-corrected chi connectivity index (χ1v) is 2.40. The Bertz CT molecular complexity index is 120. The van der Waals surface area contributed by atoms with Gasteiger partial charge in [-0.2, -0.15) is 0 Å². The molecule has 0 aromatic heterocycles. The third-order valence-corrected chi connectivity index (χ3v) is 0.799. The van der Waals surface area contributed by atoms with Gasteiger partial charge in [0.25, 0.3) is 14.6 Å². The molecule has 13 heteroatoms. The maximum atomic E-state index is 10.1. The summed E-state index contributed by atoms with van der Waals surface area (Å²) in [5, 5.41) is 37.1. The van der Waals surface area contributed by atoms with Crippen molar-refractivity contribution in [3.8, 4) is 0 Å². The van der Waals surface area contributed by atoms with Crippen LogP contribution in [0.5, 0.6) is 0 Å². The summed E-state index contributed by atoms with van der Waals surface area (Å²) in [6, 6.07) is 0. The van der Waals surface area contributed by atoms with Gasteiger partial charge < -0.3 is 33.8 Å². The average Bonchev–Trinajstić information content (AvgIpc) is 1.54. The quantitative estimate of drug-likeness (QED) is 0.386. The van der Waals surface area contributed by atoms with E-state index in [1.54, 1.807) is 0 Å². The van der Waals surface area contributed by atoms with Crippen LogP contribution in [0.1, 0.15) is 0 Å². The molecule has 0 spiro atoms. The van der Waals surface area contributed by atoms with Crippen LogP contribution in [0.15, 0.2) is 0 Å². The van der Waals surface area contributed by atoms with Crippen LogP contribution in [0.4, 0.5) is 0 Å². The zero-order valence-electron chi connectivity index (χ0n) is 7.67. The predicted molar refractivity (Wildman–Crippen MR) is 25.0 cm³/mol. The topological polar surface area (TPSA) is 114 Å². The van der Waals surface area contributed by atoms with Crippen molar-refractivity contribution in [3.05, 3.63) is 0 Å². The second kappa shape index (κ2) is 9.00. The normalized spacial score (nSPS) is 19.4. The summed E-state index contributed by atoms with van der Waals surface area (Å²) in [5.74, 6) is 0. The molecule has 1 aliphatic rings. The van der Waals surface area contributed by atoms with E-state index in [4.69, 9.17) is 10.0 Å². The minimum absolute atomic E-state index is 0. The molecule has 0 aliphatic carbocycles. The Morgan fingerprint density at radius 2 is 1.23 bits per heavy atom. The van der Waals surface area contributed by atoms with Gasteiger partial charge in [-0.15, -0.1) is 0 Å². The number of hydrogen-bond acceptors (Lipinski definition) is 7. The first kappa shape index (κ1) is 21.2. The zero-order chi connectivity index (χ0) is 7.78. The van der Waals surface area contributed by atoms with Crippen molar-refractivity contribution < 1.29 is 122 Å². The molecule has 0 aromatic carbocycles. The molecule has 13 heavy (non-hydrogen) atoms. The fourth-order valence-corrected chi connectivity index (χ4v) is 0.476. The van der Waals surface area contributed by atoms with Gasteiger partial charge in [-0.1, -0.05) is 0 Å². The molecule has 1 heterocycles. The molecule has 56 valence electrons. The third-order valence-electron chi connectivity index (χ3n) is 0.799. The summed E-state index contributed by atoms with van der Waals surface area (Å²) in [6.45, 7) is -3.73. The zero-order valence-corrected chi connectivity index (χ0v) is 13.7. The molecule has 0 saturated carbocycles. The second-order valence-corrected chi connectivity index (χ2v) is 1.62. The van der Waals surface area contributed by atoms with E-state index in [-0.39, 0.29) is 88.7 Å². The van der Waals surface area contributed by atoms with Gasteiger partial charge in [0.15, 0.2) is 0 Å². The average molecular weight is 215 g/mol. The van der Waals surface area contributed by atoms with E-state index in [1.165, 1.54) is 0 Å². The first-order chi connectivity index (χ1) is 4.49. The maximum Gasteiger partial charge on any atom is 1.00 e. The smallest absolute Gasteiger partial charge is 0.835 e. The van der Waals surface area contributed by atoms with E-state index in [9.17, 15) is 10.0 Å². The van der Waals surface area contributed by atoms with Gasteiger partial charge in [-0.3, -0.25) is 0 Å². The van der Waals surface area contributed by atoms with Crippen LogP contribution >= 0.6 is 0 Å². The van der Waals surface area contributed by atoms with E-state index in [2.05, 4.69) is 13.7 Å². The van der Waals surface area contributed by atoms with E-state index in [0.717, 1.165) is 0 Å². The molecule has 2 N–H and O–H groups in total. The van der Waals surface area contributed by atoms with Crippen molar-refractivity contribution in [3.63, 3.8) is 0 Å². The molecule has 1 aliphatic heterocycles. The Hall–Kier alpha value is 2.91. The van der Waals surface area contributed by atoms with Crippen molar-refractivity contribution in [2.24, 2.45) is 0 Å². The standard InChI is InChI=1S/B3H2O7.3Na/c4-1-8-2(5)10-3(6,7)9-1;;;/h6-7H;;;/q-3;3*+1. The van der Waals surface area contributed by atoms with Crippen LogP contribution < -0.4 is 98.7 Å². The number of rotatable bonds is 0. The molecule has 1 saturated heterocycles. The first-order valence-electron chi connectivity index (χ1n) is 2.40. The van der Waals surface area contributed by atoms with Crippen molar-refractivity contribution in [2.45, 2.75) is 0 Å². The summed E-state index contributed by atoms with van der Waals surface area (Å²) in [5.41, 5.74) is 0. The molecule has 7 nitrogen and oxygen atoms in total. The Kier molecular flexibility index (Phi) is 14.7. The van der Waals surface area contributed by atoms with Gasteiger partial charge >= 0.3 is 95.6 Å². The van der Waals surface area contributed by atoms with Gasteiger partial charge in [0.2, 0.25) is 0 Å². The van der Waals surface area contributed by atoms with E-state index in [0.29, 0.717) is 0 Å². The Morgan fingerprint density at radius 1 is 0.923 bits per heavy atom. The second-order valence-electron chi connectivity index (χ2n) is 1.62. The molecule has 0 bridgehead atoms. The van der Waals surface area contributed by atoms with Crippen LogP contribution in [-0.2, 0) is 13.7 Å². The van der Waals surface area contributed by atoms with Crippen molar-refractivity contribution >= 4 is 21.6 Å². The fraction of sp³-hybridized carbons (Fsp3) is 0. The van der Waals surface area contributed by atoms with Gasteiger partial charge in [-0.25, -0.2) is 0 Å². The Balaban J connectivity index is -0.000000333. The van der Waals surface area contributed by atoms with E-state index >= 15 is 0 Å². The molecule has 0 amide bonds. The van der Waals surface area contributed by atoms with Crippen molar-refractivity contribution in [1.82, 2.24) is 0 Å². The molecular formula is H2B3Na3O7. The minimum Gasteiger partial charge on any atom is -0.835 e. The largest absolute Gasteiger partial charge is 1.00 e. The van der Waals surface area contributed by atoms with Gasteiger partial charge in [0.05, 0.1) is 0 Å². The van der Waals surface area contributed by atoms with Crippen molar-refractivity contribution in [1.29, 1.82) is 0 Å².